The average molecular weight is 290 g/mol. The number of carbonyl (C=O) groups is 1. The lowest BCUT2D eigenvalue weighted by atomic mass is 10.1. The largest absolute Gasteiger partial charge is 0.294 e. The molecule has 0 saturated carbocycles. The Labute approximate surface area is 121 Å². The van der Waals surface area contributed by atoms with Gasteiger partial charge in [0.1, 0.15) is 5.82 Å². The zero-order chi connectivity index (χ0) is 14.4. The lowest BCUT2D eigenvalue weighted by molar-refractivity contribution is 0.100. The van der Waals surface area contributed by atoms with Crippen molar-refractivity contribution in [2.24, 2.45) is 4.99 Å². The number of rotatable bonds is 5. The van der Waals surface area contributed by atoms with Crippen LogP contribution in [-0.4, -0.2) is 12.0 Å². The molecule has 0 fully saturated rings. The van der Waals surface area contributed by atoms with E-state index in [2.05, 4.69) is 4.99 Å². The van der Waals surface area contributed by atoms with E-state index in [4.69, 9.17) is 11.6 Å². The molecule has 0 aliphatic carbocycles. The highest BCUT2D eigenvalue weighted by molar-refractivity contribution is 6.30. The molecule has 2 aromatic rings. The van der Waals surface area contributed by atoms with Crippen LogP contribution < -0.4 is 0 Å². The van der Waals surface area contributed by atoms with Gasteiger partial charge in [0, 0.05) is 23.2 Å². The first kappa shape index (κ1) is 14.4. The molecule has 2 aromatic carbocycles. The van der Waals surface area contributed by atoms with Crippen molar-refractivity contribution >= 4 is 23.6 Å². The molecule has 4 heteroatoms. The summed E-state index contributed by atoms with van der Waals surface area (Å²) < 4.78 is 12.7. The predicted octanol–water partition coefficient (Wildman–Crippen LogP) is 4.32. The van der Waals surface area contributed by atoms with Crippen LogP contribution in [0.15, 0.2) is 53.5 Å². The fraction of sp³-hybridized carbons (Fsp3) is 0.125. The molecular formula is C16H13ClFNO. The summed E-state index contributed by atoms with van der Waals surface area (Å²) in [6.07, 6.45) is 1.82. The summed E-state index contributed by atoms with van der Waals surface area (Å²) in [5.74, 6) is -0.278. The number of ketones is 1. The second-order valence-electron chi connectivity index (χ2n) is 4.28. The molecule has 0 bridgehead atoms. The van der Waals surface area contributed by atoms with Crippen LogP contribution in [0.4, 0.5) is 4.39 Å². The van der Waals surface area contributed by atoms with Gasteiger partial charge in [-0.2, -0.15) is 0 Å². The fourth-order valence-electron chi connectivity index (χ4n) is 1.66. The van der Waals surface area contributed by atoms with Crippen molar-refractivity contribution in [1.29, 1.82) is 0 Å². The lowest BCUT2D eigenvalue weighted by Crippen LogP contribution is -1.99. The van der Waals surface area contributed by atoms with E-state index in [1.807, 2.05) is 0 Å². The molecule has 20 heavy (non-hydrogen) atoms. The van der Waals surface area contributed by atoms with Gasteiger partial charge in [0.15, 0.2) is 5.78 Å². The van der Waals surface area contributed by atoms with Crippen molar-refractivity contribution in [2.75, 3.05) is 0 Å². The van der Waals surface area contributed by atoms with Crippen molar-refractivity contribution in [3.8, 4) is 0 Å². The molecule has 0 aliphatic heterocycles. The minimum atomic E-state index is -0.268. The first-order valence-corrected chi connectivity index (χ1v) is 6.54. The Hall–Kier alpha value is -2.00. The van der Waals surface area contributed by atoms with Gasteiger partial charge in [-0.3, -0.25) is 9.79 Å². The van der Waals surface area contributed by atoms with Gasteiger partial charge in [0.2, 0.25) is 0 Å². The van der Waals surface area contributed by atoms with E-state index in [1.54, 1.807) is 42.6 Å². The van der Waals surface area contributed by atoms with Gasteiger partial charge in [0.25, 0.3) is 0 Å². The summed E-state index contributed by atoms with van der Waals surface area (Å²) in [5.41, 5.74) is 1.52. The van der Waals surface area contributed by atoms with Crippen LogP contribution >= 0.6 is 11.6 Å². The molecule has 102 valence electrons. The van der Waals surface area contributed by atoms with Gasteiger partial charge in [-0.15, -0.1) is 0 Å². The summed E-state index contributed by atoms with van der Waals surface area (Å²) in [6, 6.07) is 12.9. The van der Waals surface area contributed by atoms with Crippen LogP contribution in [-0.2, 0) is 6.54 Å². The third kappa shape index (κ3) is 4.28. The molecule has 0 amide bonds. The van der Waals surface area contributed by atoms with Crippen molar-refractivity contribution in [1.82, 2.24) is 0 Å². The van der Waals surface area contributed by atoms with Gasteiger partial charge < -0.3 is 0 Å². The third-order valence-electron chi connectivity index (χ3n) is 2.76. The molecule has 0 aliphatic rings. The van der Waals surface area contributed by atoms with Gasteiger partial charge >= 0.3 is 0 Å². The normalized spacial score (nSPS) is 10.9. The predicted molar refractivity (Wildman–Crippen MR) is 79.0 cm³/mol. The molecule has 0 saturated heterocycles. The number of aliphatic imine (C=N–C) groups is 1. The molecule has 2 rings (SSSR count). The van der Waals surface area contributed by atoms with E-state index in [-0.39, 0.29) is 18.0 Å². The Morgan fingerprint density at radius 3 is 2.40 bits per heavy atom. The number of benzene rings is 2. The quantitative estimate of drug-likeness (QED) is 0.595. The second kappa shape index (κ2) is 6.96. The molecule has 0 aromatic heterocycles. The highest BCUT2D eigenvalue weighted by atomic mass is 35.5. The van der Waals surface area contributed by atoms with Crippen molar-refractivity contribution in [2.45, 2.75) is 13.0 Å². The van der Waals surface area contributed by atoms with E-state index in [1.165, 1.54) is 12.1 Å². The van der Waals surface area contributed by atoms with Gasteiger partial charge in [-0.1, -0.05) is 23.7 Å². The zero-order valence-electron chi connectivity index (χ0n) is 10.7. The summed E-state index contributed by atoms with van der Waals surface area (Å²) in [5, 5.41) is 0.603. The zero-order valence-corrected chi connectivity index (χ0v) is 11.5. The van der Waals surface area contributed by atoms with E-state index in [0.29, 0.717) is 17.1 Å². The van der Waals surface area contributed by atoms with Gasteiger partial charge in [0.05, 0.1) is 6.54 Å². The highest BCUT2D eigenvalue weighted by Gasteiger charge is 2.03. The molecular weight excluding hydrogens is 277 g/mol. The first-order chi connectivity index (χ1) is 9.65. The van der Waals surface area contributed by atoms with Crippen LogP contribution in [0, 0.1) is 5.82 Å². The Morgan fingerprint density at radius 1 is 1.10 bits per heavy atom. The number of hydrogen-bond acceptors (Lipinski definition) is 2. The summed E-state index contributed by atoms with van der Waals surface area (Å²) >= 11 is 5.76. The Balaban J connectivity index is 1.85. The van der Waals surface area contributed by atoms with Crippen molar-refractivity contribution in [3.63, 3.8) is 0 Å². The van der Waals surface area contributed by atoms with Crippen LogP contribution in [0.1, 0.15) is 22.3 Å². The van der Waals surface area contributed by atoms with E-state index in [0.717, 1.165) is 5.56 Å². The van der Waals surface area contributed by atoms with Gasteiger partial charge in [-0.05, 0) is 42.0 Å². The number of hydrogen-bond donors (Lipinski definition) is 0. The van der Waals surface area contributed by atoms with E-state index >= 15 is 0 Å². The molecule has 0 atom stereocenters. The minimum absolute atomic E-state index is 0.00970. The molecule has 0 radical (unpaired) electrons. The molecule has 0 unspecified atom stereocenters. The Kier molecular flexibility index (Phi) is 5.02. The summed E-state index contributed by atoms with van der Waals surface area (Å²) in [4.78, 5) is 16.0. The van der Waals surface area contributed by atoms with E-state index in [9.17, 15) is 9.18 Å². The lowest BCUT2D eigenvalue weighted by Gasteiger charge is -1.98. The summed E-state index contributed by atoms with van der Waals surface area (Å²) in [6.45, 7) is 0.439. The standard InChI is InChI=1S/C16H13ClFNO/c17-14-5-3-13(4-6-14)16(20)9-10-19-11-12-1-7-15(18)8-2-12/h1-8,10H,9,11H2. The maximum absolute atomic E-state index is 12.7. The SMILES string of the molecule is O=C(CC=NCc1ccc(F)cc1)c1ccc(Cl)cc1. The maximum atomic E-state index is 12.7. The number of carbonyl (C=O) groups excluding carboxylic acids is 1. The number of halogens is 2. The highest BCUT2D eigenvalue weighted by Crippen LogP contribution is 2.10. The first-order valence-electron chi connectivity index (χ1n) is 6.16. The van der Waals surface area contributed by atoms with E-state index < -0.39 is 0 Å². The fourth-order valence-corrected chi connectivity index (χ4v) is 1.79. The topological polar surface area (TPSA) is 29.4 Å². The van der Waals surface area contributed by atoms with Crippen LogP contribution in [0.5, 0.6) is 0 Å². The van der Waals surface area contributed by atoms with Gasteiger partial charge in [-0.25, -0.2) is 4.39 Å². The van der Waals surface area contributed by atoms with Crippen LogP contribution in [0.2, 0.25) is 5.02 Å². The molecule has 0 N–H and O–H groups in total. The van der Waals surface area contributed by atoms with Crippen LogP contribution in [0.25, 0.3) is 0 Å². The number of Topliss-reactive ketones (excluding diaryl/α,β-unsaturated/α-hetero) is 1. The minimum Gasteiger partial charge on any atom is -0.294 e. The Bertz CT molecular complexity index is 605. The monoisotopic (exact) mass is 289 g/mol. The Morgan fingerprint density at radius 2 is 1.75 bits per heavy atom. The summed E-state index contributed by atoms with van der Waals surface area (Å²) in [7, 11) is 0. The third-order valence-corrected chi connectivity index (χ3v) is 3.01. The maximum Gasteiger partial charge on any atom is 0.168 e. The second-order valence-corrected chi connectivity index (χ2v) is 4.72. The molecule has 0 spiro atoms. The molecule has 2 nitrogen and oxygen atoms in total. The van der Waals surface area contributed by atoms with Crippen molar-refractivity contribution in [3.05, 3.63) is 70.5 Å². The average Bonchev–Trinajstić information content (AvgIpc) is 2.46. The van der Waals surface area contributed by atoms with Crippen molar-refractivity contribution < 1.29 is 9.18 Å². The smallest absolute Gasteiger partial charge is 0.168 e. The van der Waals surface area contributed by atoms with Crippen LogP contribution in [0.3, 0.4) is 0 Å². The molecule has 0 heterocycles. The number of nitrogens with zero attached hydrogens (tertiary/aromatic N) is 1.